The Morgan fingerprint density at radius 1 is 1.37 bits per heavy atom. The van der Waals surface area contributed by atoms with E-state index in [9.17, 15) is 0 Å². The van der Waals surface area contributed by atoms with Gasteiger partial charge in [0.2, 0.25) is 0 Å². The predicted molar refractivity (Wildman–Crippen MR) is 79.0 cm³/mol. The van der Waals surface area contributed by atoms with E-state index in [4.69, 9.17) is 10.5 Å². The largest absolute Gasteiger partial charge is 0.381 e. The van der Waals surface area contributed by atoms with Gasteiger partial charge in [-0.1, -0.05) is 29.8 Å². The van der Waals surface area contributed by atoms with Crippen molar-refractivity contribution < 1.29 is 4.74 Å². The lowest BCUT2D eigenvalue weighted by atomic mass is 9.83. The molecular formula is C16H26N2O. The molecule has 2 unspecified atom stereocenters. The van der Waals surface area contributed by atoms with E-state index in [0.29, 0.717) is 12.5 Å². The molecule has 106 valence electrons. The van der Waals surface area contributed by atoms with Gasteiger partial charge in [0.15, 0.2) is 0 Å². The monoisotopic (exact) mass is 262 g/mol. The van der Waals surface area contributed by atoms with Gasteiger partial charge in [-0.2, -0.15) is 0 Å². The highest BCUT2D eigenvalue weighted by atomic mass is 16.5. The number of nitrogens with zero attached hydrogens (tertiary/aromatic N) is 1. The fourth-order valence-corrected chi connectivity index (χ4v) is 2.81. The lowest BCUT2D eigenvalue weighted by molar-refractivity contribution is 0.0609. The van der Waals surface area contributed by atoms with Crippen LogP contribution >= 0.6 is 0 Å². The summed E-state index contributed by atoms with van der Waals surface area (Å²) in [5.74, 6) is 0.535. The van der Waals surface area contributed by atoms with E-state index in [1.807, 2.05) is 0 Å². The Labute approximate surface area is 116 Å². The first kappa shape index (κ1) is 14.5. The number of aryl methyl sites for hydroxylation is 1. The van der Waals surface area contributed by atoms with E-state index in [-0.39, 0.29) is 5.54 Å². The van der Waals surface area contributed by atoms with Gasteiger partial charge in [0.1, 0.15) is 0 Å². The molecule has 1 saturated heterocycles. The zero-order chi connectivity index (χ0) is 13.9. The third-order valence-corrected chi connectivity index (χ3v) is 4.63. The van der Waals surface area contributed by atoms with Crippen molar-refractivity contribution in [2.24, 2.45) is 11.7 Å². The number of benzene rings is 1. The molecule has 1 aliphatic heterocycles. The number of rotatable bonds is 5. The van der Waals surface area contributed by atoms with Crippen molar-refractivity contribution >= 4 is 0 Å². The Kier molecular flexibility index (Phi) is 4.61. The SMILES string of the molecule is Cc1ccc(CN(C)C(C)(CN)C2CCOC2)cc1. The summed E-state index contributed by atoms with van der Waals surface area (Å²) in [4.78, 5) is 2.39. The molecule has 1 aromatic rings. The Balaban J connectivity index is 2.07. The van der Waals surface area contributed by atoms with Gasteiger partial charge < -0.3 is 10.5 Å². The molecule has 0 bridgehead atoms. The van der Waals surface area contributed by atoms with Gasteiger partial charge >= 0.3 is 0 Å². The Hall–Kier alpha value is -0.900. The van der Waals surface area contributed by atoms with Crippen LogP contribution in [0.1, 0.15) is 24.5 Å². The van der Waals surface area contributed by atoms with Gasteiger partial charge in [-0.25, -0.2) is 0 Å². The van der Waals surface area contributed by atoms with Crippen LogP contribution in [0.15, 0.2) is 24.3 Å². The quantitative estimate of drug-likeness (QED) is 0.884. The molecule has 3 heteroatoms. The maximum atomic E-state index is 6.07. The van der Waals surface area contributed by atoms with E-state index in [1.54, 1.807) is 0 Å². The molecule has 1 aliphatic rings. The summed E-state index contributed by atoms with van der Waals surface area (Å²) < 4.78 is 5.54. The second kappa shape index (κ2) is 6.04. The third kappa shape index (κ3) is 3.16. The summed E-state index contributed by atoms with van der Waals surface area (Å²) in [6.45, 7) is 7.70. The van der Waals surface area contributed by atoms with Crippen LogP contribution in [0.2, 0.25) is 0 Å². The molecule has 0 aliphatic carbocycles. The first-order chi connectivity index (χ1) is 9.06. The smallest absolute Gasteiger partial charge is 0.0513 e. The number of likely N-dealkylation sites (N-methyl/N-ethyl adjacent to an activating group) is 1. The highest BCUT2D eigenvalue weighted by Crippen LogP contribution is 2.30. The maximum Gasteiger partial charge on any atom is 0.0513 e. The molecule has 1 heterocycles. The Morgan fingerprint density at radius 2 is 2.05 bits per heavy atom. The van der Waals surface area contributed by atoms with Gasteiger partial charge in [0, 0.05) is 31.2 Å². The predicted octanol–water partition coefficient (Wildman–Crippen LogP) is 2.18. The van der Waals surface area contributed by atoms with Crippen molar-refractivity contribution in [3.8, 4) is 0 Å². The van der Waals surface area contributed by atoms with Crippen molar-refractivity contribution in [1.29, 1.82) is 0 Å². The van der Waals surface area contributed by atoms with Crippen molar-refractivity contribution in [3.05, 3.63) is 35.4 Å². The topological polar surface area (TPSA) is 38.5 Å². The summed E-state index contributed by atoms with van der Waals surface area (Å²) in [5.41, 5.74) is 8.73. The average molecular weight is 262 g/mol. The van der Waals surface area contributed by atoms with Crippen molar-refractivity contribution in [2.45, 2.75) is 32.4 Å². The van der Waals surface area contributed by atoms with Gasteiger partial charge in [-0.15, -0.1) is 0 Å². The molecule has 19 heavy (non-hydrogen) atoms. The molecule has 2 atom stereocenters. The second-order valence-electron chi connectivity index (χ2n) is 5.96. The van der Waals surface area contributed by atoms with Crippen LogP contribution in [0.25, 0.3) is 0 Å². The lowest BCUT2D eigenvalue weighted by Crippen LogP contribution is -2.54. The highest BCUT2D eigenvalue weighted by molar-refractivity contribution is 5.21. The van der Waals surface area contributed by atoms with Crippen LogP contribution in [-0.4, -0.2) is 37.2 Å². The molecule has 2 rings (SSSR count). The standard InChI is InChI=1S/C16H26N2O/c1-13-4-6-14(7-5-13)10-18(3)16(2,12-17)15-8-9-19-11-15/h4-7,15H,8-12,17H2,1-3H3. The summed E-state index contributed by atoms with van der Waals surface area (Å²) >= 11 is 0. The minimum Gasteiger partial charge on any atom is -0.381 e. The van der Waals surface area contributed by atoms with Crippen LogP contribution in [0, 0.1) is 12.8 Å². The molecule has 0 amide bonds. The zero-order valence-corrected chi connectivity index (χ0v) is 12.4. The van der Waals surface area contributed by atoms with Crippen molar-refractivity contribution in [3.63, 3.8) is 0 Å². The van der Waals surface area contributed by atoms with E-state index < -0.39 is 0 Å². The number of hydrogen-bond donors (Lipinski definition) is 1. The van der Waals surface area contributed by atoms with E-state index in [1.165, 1.54) is 11.1 Å². The van der Waals surface area contributed by atoms with Gasteiger partial charge in [0.05, 0.1) is 6.61 Å². The van der Waals surface area contributed by atoms with E-state index in [0.717, 1.165) is 26.2 Å². The molecule has 0 saturated carbocycles. The van der Waals surface area contributed by atoms with Crippen molar-refractivity contribution in [1.82, 2.24) is 4.90 Å². The maximum absolute atomic E-state index is 6.07. The molecular weight excluding hydrogens is 236 g/mol. The second-order valence-corrected chi connectivity index (χ2v) is 5.96. The van der Waals surface area contributed by atoms with E-state index in [2.05, 4.69) is 50.1 Å². The summed E-state index contributed by atoms with van der Waals surface area (Å²) in [6.07, 6.45) is 1.12. The fourth-order valence-electron chi connectivity index (χ4n) is 2.81. The van der Waals surface area contributed by atoms with Crippen LogP contribution in [0.4, 0.5) is 0 Å². The minimum absolute atomic E-state index is 0.0153. The number of hydrogen-bond acceptors (Lipinski definition) is 3. The molecule has 0 aromatic heterocycles. The molecule has 3 nitrogen and oxygen atoms in total. The average Bonchev–Trinajstić information content (AvgIpc) is 2.95. The zero-order valence-electron chi connectivity index (χ0n) is 12.4. The van der Waals surface area contributed by atoms with Gasteiger partial charge in [-0.05, 0) is 32.9 Å². The first-order valence-electron chi connectivity index (χ1n) is 7.11. The van der Waals surface area contributed by atoms with Crippen LogP contribution < -0.4 is 5.73 Å². The normalized spacial score (nSPS) is 22.7. The molecule has 1 fully saturated rings. The summed E-state index contributed by atoms with van der Waals surface area (Å²) in [7, 11) is 2.17. The van der Waals surface area contributed by atoms with Crippen LogP contribution in [-0.2, 0) is 11.3 Å². The first-order valence-corrected chi connectivity index (χ1v) is 7.11. The Bertz CT molecular complexity index is 398. The minimum atomic E-state index is 0.0153. The lowest BCUT2D eigenvalue weighted by Gasteiger charge is -2.42. The van der Waals surface area contributed by atoms with Gasteiger partial charge in [0.25, 0.3) is 0 Å². The Morgan fingerprint density at radius 3 is 2.58 bits per heavy atom. The molecule has 0 radical (unpaired) electrons. The van der Waals surface area contributed by atoms with Crippen LogP contribution in [0.3, 0.4) is 0 Å². The van der Waals surface area contributed by atoms with Crippen molar-refractivity contribution in [2.75, 3.05) is 26.8 Å². The third-order valence-electron chi connectivity index (χ3n) is 4.63. The number of ether oxygens (including phenoxy) is 1. The summed E-state index contributed by atoms with van der Waals surface area (Å²) in [5, 5.41) is 0. The molecule has 2 N–H and O–H groups in total. The number of nitrogens with two attached hydrogens (primary N) is 1. The molecule has 1 aromatic carbocycles. The van der Waals surface area contributed by atoms with E-state index >= 15 is 0 Å². The fraction of sp³-hybridized carbons (Fsp3) is 0.625. The summed E-state index contributed by atoms with van der Waals surface area (Å²) in [6, 6.07) is 8.74. The highest BCUT2D eigenvalue weighted by Gasteiger charge is 2.38. The molecule has 0 spiro atoms. The van der Waals surface area contributed by atoms with Crippen LogP contribution in [0.5, 0.6) is 0 Å². The van der Waals surface area contributed by atoms with Gasteiger partial charge in [-0.3, -0.25) is 4.90 Å².